The molecule has 1 rings (SSSR count). The second kappa shape index (κ2) is 2.70. The summed E-state index contributed by atoms with van der Waals surface area (Å²) in [6.45, 7) is 1.52. The maximum absolute atomic E-state index is 12.7. The molecule has 2 nitrogen and oxygen atoms in total. The highest BCUT2D eigenvalue weighted by Crippen LogP contribution is 2.10. The fourth-order valence-electron chi connectivity index (χ4n) is 0.874. The summed E-state index contributed by atoms with van der Waals surface area (Å²) in [5.41, 5.74) is 5.52. The first kappa shape index (κ1) is 7.72. The van der Waals surface area contributed by atoms with E-state index in [2.05, 4.69) is 0 Å². The van der Waals surface area contributed by atoms with Gasteiger partial charge in [0.05, 0.1) is 0 Å². The van der Waals surface area contributed by atoms with E-state index in [1.165, 1.54) is 25.1 Å². The zero-order chi connectivity index (χ0) is 8.43. The van der Waals surface area contributed by atoms with Crippen molar-refractivity contribution in [1.82, 2.24) is 0 Å². The van der Waals surface area contributed by atoms with Crippen molar-refractivity contribution in [2.24, 2.45) is 5.73 Å². The average molecular weight is 153 g/mol. The van der Waals surface area contributed by atoms with E-state index >= 15 is 0 Å². The normalized spacial score (nSPS) is 9.64. The molecule has 0 radical (unpaired) electrons. The molecule has 0 bridgehead atoms. The predicted octanol–water partition coefficient (Wildman–Crippen LogP) is 1.23. The first-order valence-electron chi connectivity index (χ1n) is 3.18. The molecule has 0 aromatic heterocycles. The molecule has 1 amide bonds. The molecule has 0 aliphatic carbocycles. The van der Waals surface area contributed by atoms with Gasteiger partial charge in [0.15, 0.2) is 0 Å². The van der Waals surface area contributed by atoms with Crippen molar-refractivity contribution in [2.75, 3.05) is 0 Å². The number of halogens is 1. The Morgan fingerprint density at radius 3 is 2.64 bits per heavy atom. The molecule has 0 fully saturated rings. The summed E-state index contributed by atoms with van der Waals surface area (Å²) < 4.78 is 12.7. The highest BCUT2D eigenvalue weighted by atomic mass is 19.1. The van der Waals surface area contributed by atoms with Crippen LogP contribution in [0.15, 0.2) is 18.2 Å². The summed E-state index contributed by atoms with van der Waals surface area (Å²) in [5.74, 6) is -0.997. The number of hydrogen-bond donors (Lipinski definition) is 1. The Morgan fingerprint density at radius 1 is 1.55 bits per heavy atom. The van der Waals surface area contributed by atoms with Crippen LogP contribution in [0, 0.1) is 12.7 Å². The average Bonchev–Trinajstić information content (AvgIpc) is 1.94. The summed E-state index contributed by atoms with van der Waals surface area (Å²) in [6, 6.07) is 4.25. The van der Waals surface area contributed by atoms with Gasteiger partial charge in [0.2, 0.25) is 5.91 Å². The fraction of sp³-hybridized carbons (Fsp3) is 0.125. The van der Waals surface area contributed by atoms with Crippen molar-refractivity contribution < 1.29 is 9.18 Å². The van der Waals surface area contributed by atoms with Gasteiger partial charge in [-0.15, -0.1) is 0 Å². The Hall–Kier alpha value is -1.38. The van der Waals surface area contributed by atoms with Gasteiger partial charge < -0.3 is 5.73 Å². The molecule has 0 spiro atoms. The molecule has 11 heavy (non-hydrogen) atoms. The van der Waals surface area contributed by atoms with Crippen LogP contribution in [0.2, 0.25) is 0 Å². The Kier molecular flexibility index (Phi) is 1.89. The van der Waals surface area contributed by atoms with Crippen molar-refractivity contribution in [3.8, 4) is 0 Å². The third kappa shape index (κ3) is 1.37. The lowest BCUT2D eigenvalue weighted by Gasteiger charge is -2.00. The molecule has 0 aliphatic rings. The third-order valence-corrected chi connectivity index (χ3v) is 1.53. The first-order valence-corrected chi connectivity index (χ1v) is 3.18. The van der Waals surface area contributed by atoms with E-state index in [9.17, 15) is 9.18 Å². The number of benzene rings is 1. The van der Waals surface area contributed by atoms with Gasteiger partial charge in [-0.3, -0.25) is 4.79 Å². The van der Waals surface area contributed by atoms with Crippen LogP contribution < -0.4 is 5.73 Å². The minimum Gasteiger partial charge on any atom is -0.366 e. The SMILES string of the molecule is Cc1c(F)cccc1C(N)=O. The molecule has 0 atom stereocenters. The number of carbonyl (C=O) groups is 1. The van der Waals surface area contributed by atoms with Crippen LogP contribution in [0.4, 0.5) is 4.39 Å². The number of primary amides is 1. The molecule has 3 heteroatoms. The number of amides is 1. The maximum Gasteiger partial charge on any atom is 0.249 e. The van der Waals surface area contributed by atoms with Crippen molar-refractivity contribution >= 4 is 5.91 Å². The van der Waals surface area contributed by atoms with E-state index in [4.69, 9.17) is 5.73 Å². The van der Waals surface area contributed by atoms with Crippen LogP contribution in [-0.4, -0.2) is 5.91 Å². The zero-order valence-corrected chi connectivity index (χ0v) is 6.10. The molecule has 0 aliphatic heterocycles. The quantitative estimate of drug-likeness (QED) is 0.647. The van der Waals surface area contributed by atoms with Gasteiger partial charge in [0, 0.05) is 5.56 Å². The van der Waals surface area contributed by atoms with Crippen molar-refractivity contribution in [3.05, 3.63) is 35.1 Å². The molecular formula is C8H8FNO. The molecular weight excluding hydrogens is 145 g/mol. The van der Waals surface area contributed by atoms with E-state index in [0.717, 1.165) is 0 Å². The zero-order valence-electron chi connectivity index (χ0n) is 6.10. The minimum atomic E-state index is -0.595. The Balaban J connectivity index is 3.27. The van der Waals surface area contributed by atoms with E-state index in [1.54, 1.807) is 0 Å². The van der Waals surface area contributed by atoms with Crippen LogP contribution in [0.25, 0.3) is 0 Å². The minimum absolute atomic E-state index is 0.241. The van der Waals surface area contributed by atoms with E-state index in [0.29, 0.717) is 5.56 Å². The van der Waals surface area contributed by atoms with E-state index < -0.39 is 11.7 Å². The van der Waals surface area contributed by atoms with Crippen LogP contribution >= 0.6 is 0 Å². The molecule has 2 N–H and O–H groups in total. The summed E-state index contributed by atoms with van der Waals surface area (Å²) in [6.07, 6.45) is 0. The van der Waals surface area contributed by atoms with Crippen molar-refractivity contribution in [3.63, 3.8) is 0 Å². The summed E-state index contributed by atoms with van der Waals surface area (Å²) >= 11 is 0. The first-order chi connectivity index (χ1) is 5.13. The topological polar surface area (TPSA) is 43.1 Å². The Bertz CT molecular complexity index is 296. The molecule has 0 unspecified atom stereocenters. The third-order valence-electron chi connectivity index (χ3n) is 1.53. The van der Waals surface area contributed by atoms with Gasteiger partial charge in [0.25, 0.3) is 0 Å². The lowest BCUT2D eigenvalue weighted by Crippen LogP contribution is -2.13. The number of hydrogen-bond acceptors (Lipinski definition) is 1. The van der Waals surface area contributed by atoms with Crippen LogP contribution in [-0.2, 0) is 0 Å². The highest BCUT2D eigenvalue weighted by Gasteiger charge is 2.06. The number of rotatable bonds is 1. The van der Waals surface area contributed by atoms with Gasteiger partial charge in [-0.05, 0) is 24.6 Å². The summed E-state index contributed by atoms with van der Waals surface area (Å²) in [7, 11) is 0. The largest absolute Gasteiger partial charge is 0.366 e. The number of nitrogens with two attached hydrogens (primary N) is 1. The molecule has 0 heterocycles. The van der Waals surface area contributed by atoms with E-state index in [1.807, 2.05) is 0 Å². The smallest absolute Gasteiger partial charge is 0.249 e. The molecule has 1 aromatic carbocycles. The maximum atomic E-state index is 12.7. The monoisotopic (exact) mass is 153 g/mol. The second-order valence-corrected chi connectivity index (χ2v) is 2.28. The lowest BCUT2D eigenvalue weighted by molar-refractivity contribution is 0.0999. The lowest BCUT2D eigenvalue weighted by atomic mass is 10.1. The molecule has 0 saturated heterocycles. The van der Waals surface area contributed by atoms with Gasteiger partial charge in [-0.2, -0.15) is 0 Å². The molecule has 58 valence electrons. The van der Waals surface area contributed by atoms with E-state index in [-0.39, 0.29) is 5.56 Å². The fourth-order valence-corrected chi connectivity index (χ4v) is 0.874. The summed E-state index contributed by atoms with van der Waals surface area (Å²) in [4.78, 5) is 10.6. The summed E-state index contributed by atoms with van der Waals surface area (Å²) in [5, 5.41) is 0. The standard InChI is InChI=1S/C8H8FNO/c1-5-6(8(10)11)3-2-4-7(5)9/h2-4H,1H3,(H2,10,11). The van der Waals surface area contributed by atoms with Crippen LogP contribution in [0.5, 0.6) is 0 Å². The predicted molar refractivity (Wildman–Crippen MR) is 39.7 cm³/mol. The van der Waals surface area contributed by atoms with Crippen LogP contribution in [0.1, 0.15) is 15.9 Å². The second-order valence-electron chi connectivity index (χ2n) is 2.28. The molecule has 1 aromatic rings. The van der Waals surface area contributed by atoms with Crippen LogP contribution in [0.3, 0.4) is 0 Å². The Labute approximate surface area is 63.8 Å². The molecule has 0 saturated carbocycles. The van der Waals surface area contributed by atoms with Gasteiger partial charge in [-0.1, -0.05) is 6.07 Å². The van der Waals surface area contributed by atoms with Gasteiger partial charge in [0.1, 0.15) is 5.82 Å². The van der Waals surface area contributed by atoms with Gasteiger partial charge in [-0.25, -0.2) is 4.39 Å². The Morgan fingerprint density at radius 2 is 2.18 bits per heavy atom. The van der Waals surface area contributed by atoms with Gasteiger partial charge >= 0.3 is 0 Å². The van der Waals surface area contributed by atoms with Crippen molar-refractivity contribution in [2.45, 2.75) is 6.92 Å². The highest BCUT2D eigenvalue weighted by molar-refractivity contribution is 5.94. The number of carbonyl (C=O) groups excluding carboxylic acids is 1. The van der Waals surface area contributed by atoms with Crippen molar-refractivity contribution in [1.29, 1.82) is 0 Å².